The maximum Gasteiger partial charge on any atom is 0.176 e. The molecule has 6 heteroatoms. The second kappa shape index (κ2) is 6.24. The summed E-state index contributed by atoms with van der Waals surface area (Å²) in [6.45, 7) is 0. The van der Waals surface area contributed by atoms with E-state index >= 15 is 0 Å². The summed E-state index contributed by atoms with van der Waals surface area (Å²) in [6, 6.07) is 9.60. The number of rotatable bonds is 3. The summed E-state index contributed by atoms with van der Waals surface area (Å²) >= 11 is 11.6. The molecule has 4 aliphatic rings. The van der Waals surface area contributed by atoms with Crippen molar-refractivity contribution >= 4 is 40.4 Å². The van der Waals surface area contributed by atoms with Gasteiger partial charge in [-0.3, -0.25) is 4.68 Å². The van der Waals surface area contributed by atoms with E-state index in [2.05, 4.69) is 21.5 Å². The number of para-hydroxylation sites is 1. The van der Waals surface area contributed by atoms with Crippen LogP contribution in [0.4, 0.5) is 11.5 Å². The van der Waals surface area contributed by atoms with Crippen LogP contribution >= 0.6 is 23.8 Å². The zero-order valence-electron chi connectivity index (χ0n) is 14.6. The van der Waals surface area contributed by atoms with Crippen molar-refractivity contribution in [3.63, 3.8) is 0 Å². The molecular formula is C20H23ClN4S. The van der Waals surface area contributed by atoms with Gasteiger partial charge in [0, 0.05) is 12.3 Å². The summed E-state index contributed by atoms with van der Waals surface area (Å²) in [5, 5.41) is 12.3. The number of aromatic nitrogens is 2. The molecule has 1 heterocycles. The van der Waals surface area contributed by atoms with Gasteiger partial charge in [-0.25, -0.2) is 0 Å². The molecule has 0 atom stereocenters. The van der Waals surface area contributed by atoms with Gasteiger partial charge in [0.15, 0.2) is 10.9 Å². The molecule has 2 N–H and O–H groups in total. The van der Waals surface area contributed by atoms with E-state index in [1.54, 1.807) is 0 Å². The van der Waals surface area contributed by atoms with Gasteiger partial charge in [0.25, 0.3) is 0 Å². The lowest BCUT2D eigenvalue weighted by molar-refractivity contribution is -0.0492. The van der Waals surface area contributed by atoms with Crippen LogP contribution in [-0.2, 0) is 5.54 Å². The molecule has 0 aliphatic heterocycles. The average Bonchev–Trinajstić information content (AvgIpc) is 3.05. The molecule has 6 rings (SSSR count). The van der Waals surface area contributed by atoms with Gasteiger partial charge in [-0.05, 0) is 80.6 Å². The first-order chi connectivity index (χ1) is 12.6. The molecule has 4 nitrogen and oxygen atoms in total. The predicted molar refractivity (Wildman–Crippen MR) is 110 cm³/mol. The maximum absolute atomic E-state index is 6.18. The molecule has 0 spiro atoms. The van der Waals surface area contributed by atoms with E-state index in [1.807, 2.05) is 30.3 Å². The molecule has 4 fully saturated rings. The SMILES string of the molecule is S=C(Nc1ccn(C23CC4CC(CC(C4)C2)C3)n1)Nc1ccccc1Cl. The van der Waals surface area contributed by atoms with Crippen LogP contribution in [0.3, 0.4) is 0 Å². The van der Waals surface area contributed by atoms with Crippen molar-refractivity contribution in [1.29, 1.82) is 0 Å². The largest absolute Gasteiger partial charge is 0.331 e. The summed E-state index contributed by atoms with van der Waals surface area (Å²) in [4.78, 5) is 0. The van der Waals surface area contributed by atoms with Crippen LogP contribution in [0.25, 0.3) is 0 Å². The predicted octanol–water partition coefficient (Wildman–Crippen LogP) is 5.27. The van der Waals surface area contributed by atoms with Gasteiger partial charge in [0.1, 0.15) is 0 Å². The molecule has 1 aromatic carbocycles. The smallest absolute Gasteiger partial charge is 0.176 e. The summed E-state index contributed by atoms with van der Waals surface area (Å²) in [5.41, 5.74) is 1.04. The van der Waals surface area contributed by atoms with Crippen LogP contribution in [0.2, 0.25) is 5.02 Å². The molecule has 4 aliphatic carbocycles. The summed E-state index contributed by atoms with van der Waals surface area (Å²) < 4.78 is 2.23. The van der Waals surface area contributed by atoms with Crippen LogP contribution in [-0.4, -0.2) is 14.9 Å². The lowest BCUT2D eigenvalue weighted by Crippen LogP contribution is -2.52. The highest BCUT2D eigenvalue weighted by molar-refractivity contribution is 7.80. The Kier molecular flexibility index (Phi) is 3.98. The number of halogens is 1. The second-order valence-electron chi connectivity index (χ2n) is 8.35. The van der Waals surface area contributed by atoms with Gasteiger partial charge in [-0.2, -0.15) is 5.10 Å². The first-order valence-electron chi connectivity index (χ1n) is 9.48. The van der Waals surface area contributed by atoms with Gasteiger partial charge < -0.3 is 10.6 Å². The lowest BCUT2D eigenvalue weighted by Gasteiger charge is -2.56. The minimum Gasteiger partial charge on any atom is -0.331 e. The van der Waals surface area contributed by atoms with Crippen molar-refractivity contribution in [3.05, 3.63) is 41.6 Å². The minimum absolute atomic E-state index is 0.243. The topological polar surface area (TPSA) is 41.9 Å². The van der Waals surface area contributed by atoms with Gasteiger partial charge >= 0.3 is 0 Å². The first kappa shape index (κ1) is 16.6. The molecule has 4 saturated carbocycles. The fourth-order valence-corrected chi connectivity index (χ4v) is 6.23. The molecule has 26 heavy (non-hydrogen) atoms. The Balaban J connectivity index is 1.30. The van der Waals surface area contributed by atoms with Gasteiger partial charge in [-0.15, -0.1) is 0 Å². The third-order valence-corrected chi connectivity index (χ3v) is 6.98. The minimum atomic E-state index is 0.243. The number of hydrogen-bond acceptors (Lipinski definition) is 2. The number of anilines is 2. The molecule has 0 unspecified atom stereocenters. The molecule has 2 aromatic rings. The average molecular weight is 387 g/mol. The molecule has 4 bridgehead atoms. The van der Waals surface area contributed by atoms with Crippen molar-refractivity contribution < 1.29 is 0 Å². The summed E-state index contributed by atoms with van der Waals surface area (Å²) in [7, 11) is 0. The molecule has 0 radical (unpaired) electrons. The van der Waals surface area contributed by atoms with Gasteiger partial charge in [-0.1, -0.05) is 23.7 Å². The molecule has 136 valence electrons. The molecule has 0 amide bonds. The molecule has 0 saturated heterocycles. The normalized spacial score (nSPS) is 31.8. The zero-order valence-corrected chi connectivity index (χ0v) is 16.2. The van der Waals surface area contributed by atoms with Crippen LogP contribution in [0, 0.1) is 17.8 Å². The third-order valence-electron chi connectivity index (χ3n) is 6.44. The van der Waals surface area contributed by atoms with E-state index < -0.39 is 0 Å². The van der Waals surface area contributed by atoms with Gasteiger partial charge in [0.05, 0.1) is 16.2 Å². The number of nitrogens with one attached hydrogen (secondary N) is 2. The highest BCUT2D eigenvalue weighted by Gasteiger charge is 2.52. The molecular weight excluding hydrogens is 364 g/mol. The Hall–Kier alpha value is -1.59. The summed E-state index contributed by atoms with van der Waals surface area (Å²) in [6.07, 6.45) is 10.3. The van der Waals surface area contributed by atoms with E-state index in [1.165, 1.54) is 38.5 Å². The Morgan fingerprint density at radius 1 is 1.04 bits per heavy atom. The van der Waals surface area contributed by atoms with E-state index in [9.17, 15) is 0 Å². The Morgan fingerprint density at radius 2 is 1.69 bits per heavy atom. The fourth-order valence-electron chi connectivity index (χ4n) is 5.83. The Labute approximate surface area is 164 Å². The number of thiocarbonyl (C=S) groups is 1. The van der Waals surface area contributed by atoms with Crippen molar-refractivity contribution in [2.45, 2.75) is 44.1 Å². The first-order valence-corrected chi connectivity index (χ1v) is 10.3. The van der Waals surface area contributed by atoms with Crippen LogP contribution in [0.5, 0.6) is 0 Å². The van der Waals surface area contributed by atoms with Crippen molar-refractivity contribution in [2.75, 3.05) is 10.6 Å². The number of nitrogens with zero attached hydrogens (tertiary/aromatic N) is 2. The number of hydrogen-bond donors (Lipinski definition) is 2. The van der Waals surface area contributed by atoms with Crippen LogP contribution in [0.15, 0.2) is 36.5 Å². The van der Waals surface area contributed by atoms with Crippen molar-refractivity contribution in [2.24, 2.45) is 17.8 Å². The Morgan fingerprint density at radius 3 is 2.35 bits per heavy atom. The van der Waals surface area contributed by atoms with Crippen molar-refractivity contribution in [1.82, 2.24) is 9.78 Å². The van der Waals surface area contributed by atoms with Crippen LogP contribution in [0.1, 0.15) is 38.5 Å². The number of benzene rings is 1. The van der Waals surface area contributed by atoms with E-state index in [-0.39, 0.29) is 5.54 Å². The summed E-state index contributed by atoms with van der Waals surface area (Å²) in [5.74, 6) is 3.52. The van der Waals surface area contributed by atoms with E-state index in [0.29, 0.717) is 10.1 Å². The van der Waals surface area contributed by atoms with Crippen molar-refractivity contribution in [3.8, 4) is 0 Å². The van der Waals surface area contributed by atoms with E-state index in [4.69, 9.17) is 28.9 Å². The monoisotopic (exact) mass is 386 g/mol. The van der Waals surface area contributed by atoms with Gasteiger partial charge in [0.2, 0.25) is 0 Å². The standard InChI is InChI=1S/C20H23ClN4S/c21-16-3-1-2-4-17(16)22-19(26)23-18-5-6-25(24-18)20-10-13-7-14(11-20)9-15(8-13)12-20/h1-6,13-15H,7-12H2,(H2,22,23,24,26). The second-order valence-corrected chi connectivity index (χ2v) is 9.16. The fraction of sp³-hybridized carbons (Fsp3) is 0.500. The Bertz CT molecular complexity index is 811. The van der Waals surface area contributed by atoms with Crippen LogP contribution < -0.4 is 10.6 Å². The zero-order chi connectivity index (χ0) is 17.7. The highest BCUT2D eigenvalue weighted by atomic mass is 35.5. The third kappa shape index (κ3) is 2.91. The molecule has 1 aromatic heterocycles. The van der Waals surface area contributed by atoms with E-state index in [0.717, 1.165) is 29.3 Å². The lowest BCUT2D eigenvalue weighted by atomic mass is 9.53. The highest BCUT2D eigenvalue weighted by Crippen LogP contribution is 2.58. The quantitative estimate of drug-likeness (QED) is 0.705. The maximum atomic E-state index is 6.18.